The predicted molar refractivity (Wildman–Crippen MR) is 75.4 cm³/mol. The lowest BCUT2D eigenvalue weighted by atomic mass is 10.2. The number of hydrogen-bond acceptors (Lipinski definition) is 3. The fraction of sp³-hybridized carbons (Fsp3) is 0.0909. The first kappa shape index (κ1) is 12.8. The van der Waals surface area contributed by atoms with E-state index < -0.39 is 5.97 Å². The van der Waals surface area contributed by atoms with Crippen molar-refractivity contribution in [3.05, 3.63) is 35.4 Å². The standard InChI is InChI=1S/C11H7ClO2S3/c12-8-3-1-7(2-4-8)9-5-11(17-16-9)15-6-10(13)14/h1-5H,6H2/p+1. The lowest BCUT2D eigenvalue weighted by molar-refractivity contribution is -0.133. The van der Waals surface area contributed by atoms with Gasteiger partial charge in [0, 0.05) is 11.1 Å². The maximum atomic E-state index is 10.5. The van der Waals surface area contributed by atoms with Gasteiger partial charge in [0.1, 0.15) is 5.75 Å². The van der Waals surface area contributed by atoms with Crippen molar-refractivity contribution in [1.29, 1.82) is 0 Å². The van der Waals surface area contributed by atoms with Crippen LogP contribution in [0.25, 0.3) is 10.4 Å². The number of aliphatic carboxylic acids is 1. The van der Waals surface area contributed by atoms with Crippen LogP contribution in [0.3, 0.4) is 0 Å². The van der Waals surface area contributed by atoms with Gasteiger partial charge >= 0.3 is 16.3 Å². The van der Waals surface area contributed by atoms with Gasteiger partial charge < -0.3 is 5.11 Å². The van der Waals surface area contributed by atoms with E-state index in [4.69, 9.17) is 16.7 Å². The fourth-order valence-electron chi connectivity index (χ4n) is 1.19. The third-order valence-electron chi connectivity index (χ3n) is 1.93. The summed E-state index contributed by atoms with van der Waals surface area (Å²) in [7, 11) is 3.24. The molecule has 0 amide bonds. The molecule has 0 aliphatic rings. The Kier molecular flexibility index (Phi) is 4.39. The third-order valence-corrected chi connectivity index (χ3v) is 6.12. The highest BCUT2D eigenvalue weighted by atomic mass is 35.5. The number of carbonyl (C=O) groups is 1. The van der Waals surface area contributed by atoms with Gasteiger partial charge in [0.15, 0.2) is 10.3 Å². The summed E-state index contributed by atoms with van der Waals surface area (Å²) >= 11 is 7.18. The Bertz CT molecular complexity index is 522. The van der Waals surface area contributed by atoms with E-state index in [2.05, 4.69) is 0 Å². The van der Waals surface area contributed by atoms with Crippen LogP contribution in [0.5, 0.6) is 0 Å². The molecule has 0 unspecified atom stereocenters. The molecule has 0 atom stereocenters. The van der Waals surface area contributed by atoms with Crippen molar-refractivity contribution in [3.8, 4) is 10.4 Å². The zero-order chi connectivity index (χ0) is 12.3. The summed E-state index contributed by atoms with van der Waals surface area (Å²) in [6.45, 7) is 0. The summed E-state index contributed by atoms with van der Waals surface area (Å²) in [6, 6.07) is 9.65. The minimum atomic E-state index is -0.790. The van der Waals surface area contributed by atoms with Gasteiger partial charge in [-0.15, -0.1) is 0 Å². The molecule has 0 saturated heterocycles. The van der Waals surface area contributed by atoms with E-state index in [9.17, 15) is 4.79 Å². The van der Waals surface area contributed by atoms with E-state index in [1.165, 1.54) is 11.8 Å². The van der Waals surface area contributed by atoms with E-state index in [0.717, 1.165) is 19.7 Å². The second kappa shape index (κ2) is 5.82. The molecule has 1 aromatic carbocycles. The molecule has 1 heterocycles. The van der Waals surface area contributed by atoms with Crippen LogP contribution in [0.2, 0.25) is 5.02 Å². The van der Waals surface area contributed by atoms with Crippen molar-refractivity contribution in [2.45, 2.75) is 4.21 Å². The van der Waals surface area contributed by atoms with Gasteiger partial charge in [0.2, 0.25) is 0 Å². The van der Waals surface area contributed by atoms with Crippen molar-refractivity contribution < 1.29 is 9.90 Å². The van der Waals surface area contributed by atoms with Crippen molar-refractivity contribution in [1.82, 2.24) is 0 Å². The number of thioether (sulfide) groups is 1. The molecule has 2 nitrogen and oxygen atoms in total. The first-order valence-electron chi connectivity index (χ1n) is 4.69. The zero-order valence-corrected chi connectivity index (χ0v) is 11.8. The molecule has 1 N–H and O–H groups in total. The van der Waals surface area contributed by atoms with E-state index in [-0.39, 0.29) is 5.75 Å². The Morgan fingerprint density at radius 3 is 2.76 bits per heavy atom. The monoisotopic (exact) mass is 303 g/mol. The second-order valence-corrected chi connectivity index (χ2v) is 7.11. The quantitative estimate of drug-likeness (QED) is 0.510. The largest absolute Gasteiger partial charge is 0.481 e. The lowest BCUT2D eigenvalue weighted by Crippen LogP contribution is -1.96. The molecule has 2 rings (SSSR count). The molecule has 0 bridgehead atoms. The number of hydrogen-bond donors (Lipinski definition) is 1. The molecule has 1 aromatic heterocycles. The SMILES string of the molecule is O=C(O)CSc1cc(-c2ccc(Cl)cc2)s[s+]1. The van der Waals surface area contributed by atoms with Crippen LogP contribution in [0.1, 0.15) is 0 Å². The van der Waals surface area contributed by atoms with Crippen LogP contribution in [0, 0.1) is 0 Å². The second-order valence-electron chi connectivity index (χ2n) is 3.18. The van der Waals surface area contributed by atoms with E-state index in [1.54, 1.807) is 20.7 Å². The highest BCUT2D eigenvalue weighted by Gasteiger charge is 2.16. The molecule has 0 aliphatic heterocycles. The molecular weight excluding hydrogens is 296 g/mol. The molecule has 0 fully saturated rings. The molecular formula is C11H8ClO2S3+. The smallest absolute Gasteiger partial charge is 0.314 e. The molecule has 88 valence electrons. The lowest BCUT2D eigenvalue weighted by Gasteiger charge is -1.93. The number of rotatable bonds is 4. The average molecular weight is 304 g/mol. The topological polar surface area (TPSA) is 37.3 Å². The predicted octanol–water partition coefficient (Wildman–Crippen LogP) is 4.59. The molecule has 0 saturated carbocycles. The molecule has 2 aromatic rings. The Labute approximate surface area is 115 Å². The Balaban J connectivity index is 2.12. The number of carboxylic acids is 1. The van der Waals surface area contributed by atoms with Gasteiger partial charge in [-0.1, -0.05) is 35.5 Å². The fourth-order valence-corrected chi connectivity index (χ4v) is 4.87. The van der Waals surface area contributed by atoms with Gasteiger partial charge in [-0.05, 0) is 17.7 Å². The van der Waals surface area contributed by atoms with Crippen molar-refractivity contribution in [3.63, 3.8) is 0 Å². The molecule has 17 heavy (non-hydrogen) atoms. The maximum absolute atomic E-state index is 10.5. The molecule has 0 radical (unpaired) electrons. The highest BCUT2D eigenvalue weighted by molar-refractivity contribution is 8.03. The molecule has 0 aliphatic carbocycles. The Morgan fingerprint density at radius 2 is 2.12 bits per heavy atom. The molecule has 0 spiro atoms. The normalized spacial score (nSPS) is 10.4. The van der Waals surface area contributed by atoms with Crippen molar-refractivity contribution in [2.75, 3.05) is 5.75 Å². The molecule has 6 heteroatoms. The summed E-state index contributed by atoms with van der Waals surface area (Å²) in [6.07, 6.45) is 0. The van der Waals surface area contributed by atoms with Crippen LogP contribution < -0.4 is 0 Å². The maximum Gasteiger partial charge on any atom is 0.314 e. The van der Waals surface area contributed by atoms with Crippen molar-refractivity contribution >= 4 is 50.0 Å². The summed E-state index contributed by atoms with van der Waals surface area (Å²) in [5.74, 6) is -0.686. The number of benzene rings is 1. The Hall–Kier alpha value is -0.620. The number of carboxylic acid groups (broad SMARTS) is 1. The van der Waals surface area contributed by atoms with E-state index >= 15 is 0 Å². The van der Waals surface area contributed by atoms with Crippen LogP contribution in [-0.4, -0.2) is 16.8 Å². The van der Waals surface area contributed by atoms with Crippen LogP contribution in [0.4, 0.5) is 0 Å². The zero-order valence-electron chi connectivity index (χ0n) is 8.55. The minimum Gasteiger partial charge on any atom is -0.481 e. The van der Waals surface area contributed by atoms with Crippen molar-refractivity contribution in [2.24, 2.45) is 0 Å². The third kappa shape index (κ3) is 3.67. The first-order chi connectivity index (χ1) is 8.15. The van der Waals surface area contributed by atoms with Gasteiger partial charge in [0.05, 0.1) is 4.88 Å². The number of halogens is 1. The average Bonchev–Trinajstić information content (AvgIpc) is 2.76. The van der Waals surface area contributed by atoms with Crippen LogP contribution in [-0.2, 0) is 4.79 Å². The van der Waals surface area contributed by atoms with Crippen LogP contribution in [0.15, 0.2) is 34.5 Å². The Morgan fingerprint density at radius 1 is 1.41 bits per heavy atom. The van der Waals surface area contributed by atoms with Gasteiger partial charge in [-0.25, -0.2) is 0 Å². The summed E-state index contributed by atoms with van der Waals surface area (Å²) in [4.78, 5) is 11.6. The first-order valence-corrected chi connectivity index (χ1v) is 8.20. The summed E-state index contributed by atoms with van der Waals surface area (Å²) in [5, 5.41) is 9.32. The van der Waals surface area contributed by atoms with Gasteiger partial charge in [-0.3, -0.25) is 4.79 Å². The van der Waals surface area contributed by atoms with Crippen LogP contribution >= 0.6 is 44.0 Å². The highest BCUT2D eigenvalue weighted by Crippen LogP contribution is 2.37. The van der Waals surface area contributed by atoms with E-state index in [0.29, 0.717) is 0 Å². The van der Waals surface area contributed by atoms with Gasteiger partial charge in [-0.2, -0.15) is 0 Å². The van der Waals surface area contributed by atoms with Gasteiger partial charge in [0.25, 0.3) is 4.21 Å². The summed E-state index contributed by atoms with van der Waals surface area (Å²) < 4.78 is 1.03. The minimum absolute atomic E-state index is 0.104. The van der Waals surface area contributed by atoms with E-state index in [1.807, 2.05) is 30.3 Å². The summed E-state index contributed by atoms with van der Waals surface area (Å²) in [5.41, 5.74) is 1.11.